The molecule has 0 bridgehead atoms. The van der Waals surface area contributed by atoms with E-state index in [4.69, 9.17) is 0 Å². The van der Waals surface area contributed by atoms with Gasteiger partial charge >= 0.3 is 0 Å². The largest absolute Gasteiger partial charge is 0.344 e. The zero-order chi connectivity index (χ0) is 27.7. The summed E-state index contributed by atoms with van der Waals surface area (Å²) in [6.45, 7) is 3.50. The number of pyridine rings is 1. The van der Waals surface area contributed by atoms with Gasteiger partial charge in [-0.05, 0) is 36.5 Å². The van der Waals surface area contributed by atoms with Crippen LogP contribution >= 0.6 is 0 Å². The standard InChI is InChI=1S/C28H34F2N4O4/c1-18(2)23(34-25(36)20-11-13-28(29,30)14-12-20)26(37)33-22(16-19-8-4-3-5-9-19)24(35)27(38)32-17-21-10-6-7-15-31-21/h3-10,15,18,20,22-23H,11-14,16-17H2,1-2H3,(H,32,38)(H,33,37)(H,34,36)/t22-,23-/m1/s1. The highest BCUT2D eigenvalue weighted by atomic mass is 19.3. The Kier molecular flexibility index (Phi) is 10.0. The minimum atomic E-state index is -2.77. The molecule has 0 unspecified atom stereocenters. The Morgan fingerprint density at radius 2 is 1.63 bits per heavy atom. The van der Waals surface area contributed by atoms with Gasteiger partial charge in [-0.3, -0.25) is 24.2 Å². The number of hydrogen-bond acceptors (Lipinski definition) is 5. The normalized spacial score (nSPS) is 16.8. The molecule has 204 valence electrons. The number of alkyl halides is 2. The Hall–Kier alpha value is -3.69. The molecule has 0 spiro atoms. The second-order valence-corrected chi connectivity index (χ2v) is 9.98. The van der Waals surface area contributed by atoms with Crippen LogP contribution in [0.2, 0.25) is 0 Å². The lowest BCUT2D eigenvalue weighted by molar-refractivity contribution is -0.141. The van der Waals surface area contributed by atoms with Gasteiger partial charge in [0.1, 0.15) is 12.1 Å². The molecule has 1 aromatic carbocycles. The lowest BCUT2D eigenvalue weighted by Gasteiger charge is -2.30. The molecular formula is C28H34F2N4O4. The minimum Gasteiger partial charge on any atom is -0.344 e. The van der Waals surface area contributed by atoms with Crippen LogP contribution in [0, 0.1) is 11.8 Å². The predicted octanol–water partition coefficient (Wildman–Crippen LogP) is 2.96. The van der Waals surface area contributed by atoms with Crippen LogP contribution in [-0.2, 0) is 32.1 Å². The maximum atomic E-state index is 13.5. The molecule has 0 saturated heterocycles. The lowest BCUT2D eigenvalue weighted by Crippen LogP contribution is -2.56. The van der Waals surface area contributed by atoms with Gasteiger partial charge in [0.15, 0.2) is 0 Å². The summed E-state index contributed by atoms with van der Waals surface area (Å²) in [5.74, 6) is -6.52. The second kappa shape index (κ2) is 13.2. The number of rotatable bonds is 11. The molecule has 1 heterocycles. The fourth-order valence-corrected chi connectivity index (χ4v) is 4.35. The number of Topliss-reactive ketones (excluding diaryl/α,β-unsaturated/α-hetero) is 1. The van der Waals surface area contributed by atoms with Gasteiger partial charge in [0.05, 0.1) is 12.2 Å². The van der Waals surface area contributed by atoms with E-state index >= 15 is 0 Å². The third-order valence-corrected chi connectivity index (χ3v) is 6.63. The maximum absolute atomic E-state index is 13.5. The summed E-state index contributed by atoms with van der Waals surface area (Å²) in [6.07, 6.45) is 0.975. The number of halogens is 2. The van der Waals surface area contributed by atoms with Crippen LogP contribution in [0.3, 0.4) is 0 Å². The number of hydrogen-bond donors (Lipinski definition) is 3. The monoisotopic (exact) mass is 528 g/mol. The lowest BCUT2D eigenvalue weighted by atomic mass is 9.86. The highest BCUT2D eigenvalue weighted by Gasteiger charge is 2.39. The first kappa shape index (κ1) is 28.9. The van der Waals surface area contributed by atoms with E-state index in [9.17, 15) is 28.0 Å². The number of carbonyl (C=O) groups is 4. The molecule has 3 amide bonds. The number of amides is 3. The van der Waals surface area contributed by atoms with E-state index in [0.29, 0.717) is 5.69 Å². The first-order valence-electron chi connectivity index (χ1n) is 12.8. The molecule has 10 heteroatoms. The van der Waals surface area contributed by atoms with Crippen molar-refractivity contribution in [3.63, 3.8) is 0 Å². The molecule has 1 aliphatic rings. The topological polar surface area (TPSA) is 117 Å². The number of aromatic nitrogens is 1. The average molecular weight is 529 g/mol. The molecule has 2 aromatic rings. The smallest absolute Gasteiger partial charge is 0.289 e. The van der Waals surface area contributed by atoms with E-state index in [1.807, 2.05) is 6.07 Å². The van der Waals surface area contributed by atoms with Crippen LogP contribution in [0.1, 0.15) is 50.8 Å². The zero-order valence-corrected chi connectivity index (χ0v) is 21.6. The van der Waals surface area contributed by atoms with Gasteiger partial charge in [-0.25, -0.2) is 8.78 Å². The second-order valence-electron chi connectivity index (χ2n) is 9.98. The molecule has 2 atom stereocenters. The first-order valence-corrected chi connectivity index (χ1v) is 12.8. The fraction of sp³-hybridized carbons (Fsp3) is 0.464. The third kappa shape index (κ3) is 8.43. The van der Waals surface area contributed by atoms with Crippen molar-refractivity contribution in [3.8, 4) is 0 Å². The van der Waals surface area contributed by atoms with Crippen LogP contribution in [-0.4, -0.2) is 46.5 Å². The Morgan fingerprint density at radius 1 is 0.974 bits per heavy atom. The van der Waals surface area contributed by atoms with Gasteiger partial charge in [-0.15, -0.1) is 0 Å². The molecule has 38 heavy (non-hydrogen) atoms. The van der Waals surface area contributed by atoms with Crippen LogP contribution in [0.4, 0.5) is 8.78 Å². The van der Waals surface area contributed by atoms with Crippen molar-refractivity contribution in [1.82, 2.24) is 20.9 Å². The summed E-state index contributed by atoms with van der Waals surface area (Å²) >= 11 is 0. The molecule has 1 aliphatic carbocycles. The van der Waals surface area contributed by atoms with Crippen molar-refractivity contribution in [1.29, 1.82) is 0 Å². The van der Waals surface area contributed by atoms with Crippen LogP contribution in [0.15, 0.2) is 54.7 Å². The SMILES string of the molecule is CC(C)[C@@H](NC(=O)C1CCC(F)(F)CC1)C(=O)N[C@H](Cc1ccccc1)C(=O)C(=O)NCc1ccccn1. The van der Waals surface area contributed by atoms with Gasteiger partial charge in [0, 0.05) is 31.4 Å². The van der Waals surface area contributed by atoms with Crippen molar-refractivity contribution in [2.45, 2.75) is 70.5 Å². The van der Waals surface area contributed by atoms with Gasteiger partial charge in [-0.1, -0.05) is 50.2 Å². The molecule has 0 radical (unpaired) electrons. The van der Waals surface area contributed by atoms with E-state index in [-0.39, 0.29) is 44.6 Å². The van der Waals surface area contributed by atoms with Gasteiger partial charge in [-0.2, -0.15) is 0 Å². The predicted molar refractivity (Wildman–Crippen MR) is 137 cm³/mol. The Morgan fingerprint density at radius 3 is 2.24 bits per heavy atom. The number of ketones is 1. The van der Waals surface area contributed by atoms with Gasteiger partial charge < -0.3 is 16.0 Å². The van der Waals surface area contributed by atoms with Crippen molar-refractivity contribution < 1.29 is 28.0 Å². The van der Waals surface area contributed by atoms with Crippen molar-refractivity contribution >= 4 is 23.5 Å². The van der Waals surface area contributed by atoms with Gasteiger partial charge in [0.25, 0.3) is 5.91 Å². The van der Waals surface area contributed by atoms with Crippen LogP contribution < -0.4 is 16.0 Å². The highest BCUT2D eigenvalue weighted by molar-refractivity contribution is 6.38. The third-order valence-electron chi connectivity index (χ3n) is 6.63. The fourth-order valence-electron chi connectivity index (χ4n) is 4.35. The number of nitrogens with zero attached hydrogens (tertiary/aromatic N) is 1. The summed E-state index contributed by atoms with van der Waals surface area (Å²) in [4.78, 5) is 56.0. The molecule has 1 aromatic heterocycles. The molecule has 8 nitrogen and oxygen atoms in total. The summed E-state index contributed by atoms with van der Waals surface area (Å²) < 4.78 is 27.0. The van der Waals surface area contributed by atoms with E-state index in [1.165, 1.54) is 0 Å². The summed E-state index contributed by atoms with van der Waals surface area (Å²) in [6, 6.07) is 11.9. The molecule has 3 N–H and O–H groups in total. The van der Waals surface area contributed by atoms with E-state index in [0.717, 1.165) is 5.56 Å². The van der Waals surface area contributed by atoms with Gasteiger partial charge in [0.2, 0.25) is 23.5 Å². The highest BCUT2D eigenvalue weighted by Crippen LogP contribution is 2.36. The Balaban J connectivity index is 1.69. The Bertz CT molecular complexity index is 1100. The number of carbonyl (C=O) groups excluding carboxylic acids is 4. The summed E-state index contributed by atoms with van der Waals surface area (Å²) in [7, 11) is 0. The van der Waals surface area contributed by atoms with Crippen molar-refractivity contribution in [3.05, 3.63) is 66.0 Å². The average Bonchev–Trinajstić information content (AvgIpc) is 2.90. The zero-order valence-electron chi connectivity index (χ0n) is 21.6. The maximum Gasteiger partial charge on any atom is 0.289 e. The van der Waals surface area contributed by atoms with E-state index in [2.05, 4.69) is 20.9 Å². The summed E-state index contributed by atoms with van der Waals surface area (Å²) in [5.41, 5.74) is 1.30. The molecule has 3 rings (SSSR count). The number of nitrogens with one attached hydrogen (secondary N) is 3. The number of benzene rings is 1. The van der Waals surface area contributed by atoms with Crippen molar-refractivity contribution in [2.24, 2.45) is 11.8 Å². The molecule has 1 fully saturated rings. The quantitative estimate of drug-likeness (QED) is 0.388. The molecule has 1 saturated carbocycles. The van der Waals surface area contributed by atoms with Crippen LogP contribution in [0.5, 0.6) is 0 Å². The first-order chi connectivity index (χ1) is 18.1. The molecule has 0 aliphatic heterocycles. The Labute approximate surface area is 221 Å². The van der Waals surface area contributed by atoms with Crippen molar-refractivity contribution in [2.75, 3.05) is 0 Å². The van der Waals surface area contributed by atoms with Crippen LogP contribution in [0.25, 0.3) is 0 Å². The minimum absolute atomic E-state index is 0.0385. The molecular weight excluding hydrogens is 494 g/mol. The van der Waals surface area contributed by atoms with E-state index < -0.39 is 47.4 Å². The van der Waals surface area contributed by atoms with E-state index in [1.54, 1.807) is 62.5 Å². The summed E-state index contributed by atoms with van der Waals surface area (Å²) in [5, 5.41) is 7.87.